The number of nitrogens with zero attached hydrogens (tertiary/aromatic N) is 1. The normalized spacial score (nSPS) is 21.8. The first-order chi connectivity index (χ1) is 8.11. The Balaban J connectivity index is 2.01. The lowest BCUT2D eigenvalue weighted by molar-refractivity contribution is 0.0791. The summed E-state index contributed by atoms with van der Waals surface area (Å²) >= 11 is 1.61. The second kappa shape index (κ2) is 5.19. The summed E-state index contributed by atoms with van der Waals surface area (Å²) in [5.41, 5.74) is 5.89. The van der Waals surface area contributed by atoms with Crippen molar-refractivity contribution in [3.63, 3.8) is 0 Å². The fourth-order valence-electron chi connectivity index (χ4n) is 2.24. The van der Waals surface area contributed by atoms with Crippen molar-refractivity contribution in [1.29, 1.82) is 0 Å². The summed E-state index contributed by atoms with van der Waals surface area (Å²) in [6, 6.07) is 4.18. The van der Waals surface area contributed by atoms with Crippen molar-refractivity contribution in [3.05, 3.63) is 21.9 Å². The van der Waals surface area contributed by atoms with E-state index in [1.165, 1.54) is 4.88 Å². The Morgan fingerprint density at radius 2 is 2.41 bits per heavy atom. The molecule has 0 aliphatic carbocycles. The maximum absolute atomic E-state index is 12.2. The van der Waals surface area contributed by atoms with Gasteiger partial charge in [0, 0.05) is 24.0 Å². The highest BCUT2D eigenvalue weighted by molar-refractivity contribution is 7.14. The van der Waals surface area contributed by atoms with Crippen molar-refractivity contribution in [2.45, 2.75) is 32.7 Å². The van der Waals surface area contributed by atoms with Crippen molar-refractivity contribution in [1.82, 2.24) is 4.90 Å². The van der Waals surface area contributed by atoms with Gasteiger partial charge in [0.1, 0.15) is 0 Å². The Morgan fingerprint density at radius 3 is 2.94 bits per heavy atom. The number of thiophene rings is 1. The third-order valence-corrected chi connectivity index (χ3v) is 4.69. The van der Waals surface area contributed by atoms with Crippen LogP contribution in [0, 0.1) is 5.92 Å². The molecule has 1 fully saturated rings. The number of amides is 1. The van der Waals surface area contributed by atoms with Crippen molar-refractivity contribution in [2.75, 3.05) is 13.1 Å². The SMILES string of the molecule is CCc1ccc(C(=O)N2CCC(C(C)N)C2)s1. The van der Waals surface area contributed by atoms with Gasteiger partial charge in [-0.25, -0.2) is 0 Å². The van der Waals surface area contributed by atoms with Crippen LogP contribution in [0.4, 0.5) is 0 Å². The molecular formula is C13H20N2OS. The highest BCUT2D eigenvalue weighted by atomic mass is 32.1. The summed E-state index contributed by atoms with van der Waals surface area (Å²) in [6.07, 6.45) is 2.04. The third kappa shape index (κ3) is 2.69. The second-order valence-corrected chi connectivity index (χ2v) is 5.95. The molecule has 2 atom stereocenters. The number of rotatable bonds is 3. The lowest BCUT2D eigenvalue weighted by atomic mass is 10.0. The number of hydrogen-bond donors (Lipinski definition) is 1. The Bertz CT molecular complexity index is 400. The molecule has 1 aromatic rings. The maximum atomic E-state index is 12.2. The molecule has 17 heavy (non-hydrogen) atoms. The zero-order valence-corrected chi connectivity index (χ0v) is 11.3. The highest BCUT2D eigenvalue weighted by Crippen LogP contribution is 2.24. The molecule has 1 saturated heterocycles. The van der Waals surface area contributed by atoms with Crippen LogP contribution in [0.15, 0.2) is 12.1 Å². The quantitative estimate of drug-likeness (QED) is 0.895. The van der Waals surface area contributed by atoms with Crippen LogP contribution in [0.2, 0.25) is 0 Å². The number of carbonyl (C=O) groups excluding carboxylic acids is 1. The molecule has 0 bridgehead atoms. The highest BCUT2D eigenvalue weighted by Gasteiger charge is 2.29. The molecule has 2 unspecified atom stereocenters. The second-order valence-electron chi connectivity index (χ2n) is 4.78. The summed E-state index contributed by atoms with van der Waals surface area (Å²) in [7, 11) is 0. The van der Waals surface area contributed by atoms with Gasteiger partial charge in [-0.1, -0.05) is 6.92 Å². The van der Waals surface area contributed by atoms with Gasteiger partial charge in [-0.2, -0.15) is 0 Å². The lowest BCUT2D eigenvalue weighted by Gasteiger charge is -2.17. The third-order valence-electron chi connectivity index (χ3n) is 3.48. The van der Waals surface area contributed by atoms with E-state index < -0.39 is 0 Å². The van der Waals surface area contributed by atoms with E-state index in [-0.39, 0.29) is 11.9 Å². The number of nitrogens with two attached hydrogens (primary N) is 1. The average molecular weight is 252 g/mol. The largest absolute Gasteiger partial charge is 0.338 e. The van der Waals surface area contributed by atoms with E-state index >= 15 is 0 Å². The van der Waals surface area contributed by atoms with Crippen LogP contribution in [0.3, 0.4) is 0 Å². The number of aryl methyl sites for hydroxylation is 1. The molecule has 4 heteroatoms. The van der Waals surface area contributed by atoms with E-state index in [0.29, 0.717) is 5.92 Å². The molecular weight excluding hydrogens is 232 g/mol. The smallest absolute Gasteiger partial charge is 0.263 e. The minimum Gasteiger partial charge on any atom is -0.338 e. The Labute approximate surface area is 107 Å². The monoisotopic (exact) mass is 252 g/mol. The molecule has 94 valence electrons. The first-order valence-electron chi connectivity index (χ1n) is 6.25. The van der Waals surface area contributed by atoms with Crippen molar-refractivity contribution >= 4 is 17.2 Å². The van der Waals surface area contributed by atoms with Gasteiger partial charge in [-0.05, 0) is 37.8 Å². The lowest BCUT2D eigenvalue weighted by Crippen LogP contribution is -2.32. The molecule has 1 amide bonds. The molecule has 2 heterocycles. The van der Waals surface area contributed by atoms with E-state index in [9.17, 15) is 4.79 Å². The topological polar surface area (TPSA) is 46.3 Å². The first-order valence-corrected chi connectivity index (χ1v) is 7.07. The van der Waals surface area contributed by atoms with Crippen LogP contribution in [0.25, 0.3) is 0 Å². The van der Waals surface area contributed by atoms with Crippen LogP contribution in [0.1, 0.15) is 34.8 Å². The van der Waals surface area contributed by atoms with Gasteiger partial charge in [0.05, 0.1) is 4.88 Å². The van der Waals surface area contributed by atoms with Crippen LogP contribution in [-0.4, -0.2) is 29.9 Å². The molecule has 0 saturated carbocycles. The van der Waals surface area contributed by atoms with E-state index in [4.69, 9.17) is 5.73 Å². The predicted octanol–water partition coefficient (Wildman–Crippen LogP) is 2.12. The average Bonchev–Trinajstić information content (AvgIpc) is 2.97. The zero-order valence-electron chi connectivity index (χ0n) is 10.5. The molecule has 1 aliphatic heterocycles. The Hall–Kier alpha value is -0.870. The van der Waals surface area contributed by atoms with Crippen molar-refractivity contribution in [2.24, 2.45) is 11.7 Å². The van der Waals surface area contributed by atoms with Gasteiger partial charge < -0.3 is 10.6 Å². The van der Waals surface area contributed by atoms with Crippen LogP contribution >= 0.6 is 11.3 Å². The fourth-order valence-corrected chi connectivity index (χ4v) is 3.16. The number of hydrogen-bond acceptors (Lipinski definition) is 3. The zero-order chi connectivity index (χ0) is 12.4. The van der Waals surface area contributed by atoms with E-state index in [2.05, 4.69) is 13.0 Å². The standard InChI is InChI=1S/C13H20N2OS/c1-3-11-4-5-12(17-11)13(16)15-7-6-10(8-15)9(2)14/h4-5,9-10H,3,6-8,14H2,1-2H3. The molecule has 2 rings (SSSR count). The van der Waals surface area contributed by atoms with Gasteiger partial charge >= 0.3 is 0 Å². The van der Waals surface area contributed by atoms with Crippen molar-refractivity contribution < 1.29 is 4.79 Å². The van der Waals surface area contributed by atoms with Gasteiger partial charge in [0.2, 0.25) is 0 Å². The summed E-state index contributed by atoms with van der Waals surface area (Å²) in [6.45, 7) is 5.81. The molecule has 3 nitrogen and oxygen atoms in total. The Kier molecular flexibility index (Phi) is 3.84. The van der Waals surface area contributed by atoms with Crippen LogP contribution < -0.4 is 5.73 Å². The number of likely N-dealkylation sites (tertiary alicyclic amines) is 1. The summed E-state index contributed by atoms with van der Waals surface area (Å²) in [5, 5.41) is 0. The van der Waals surface area contributed by atoms with E-state index in [0.717, 1.165) is 30.8 Å². The van der Waals surface area contributed by atoms with Crippen LogP contribution in [-0.2, 0) is 6.42 Å². The molecule has 1 aromatic heterocycles. The van der Waals surface area contributed by atoms with Gasteiger partial charge in [-0.15, -0.1) is 11.3 Å². The summed E-state index contributed by atoms with van der Waals surface area (Å²) < 4.78 is 0. The minimum absolute atomic E-state index is 0.179. The van der Waals surface area contributed by atoms with E-state index in [1.54, 1.807) is 11.3 Å². The van der Waals surface area contributed by atoms with Gasteiger partial charge in [0.25, 0.3) is 5.91 Å². The predicted molar refractivity (Wildman–Crippen MR) is 71.4 cm³/mol. The van der Waals surface area contributed by atoms with E-state index in [1.807, 2.05) is 17.9 Å². The summed E-state index contributed by atoms with van der Waals surface area (Å²) in [5.74, 6) is 0.641. The summed E-state index contributed by atoms with van der Waals surface area (Å²) in [4.78, 5) is 16.3. The molecule has 0 radical (unpaired) electrons. The van der Waals surface area contributed by atoms with Crippen LogP contribution in [0.5, 0.6) is 0 Å². The fraction of sp³-hybridized carbons (Fsp3) is 0.615. The molecule has 2 N–H and O–H groups in total. The molecule has 0 aromatic carbocycles. The maximum Gasteiger partial charge on any atom is 0.263 e. The Morgan fingerprint density at radius 1 is 1.65 bits per heavy atom. The number of carbonyl (C=O) groups is 1. The van der Waals surface area contributed by atoms with Gasteiger partial charge in [-0.3, -0.25) is 4.79 Å². The molecule has 0 spiro atoms. The van der Waals surface area contributed by atoms with Gasteiger partial charge in [0.15, 0.2) is 0 Å². The first kappa shape index (κ1) is 12.6. The molecule has 1 aliphatic rings. The van der Waals surface area contributed by atoms with Crippen molar-refractivity contribution in [3.8, 4) is 0 Å². The minimum atomic E-state index is 0.179.